The molecule has 0 aliphatic carbocycles. The summed E-state index contributed by atoms with van der Waals surface area (Å²) >= 11 is 0. The van der Waals surface area contributed by atoms with Crippen LogP contribution >= 0.6 is 0 Å². The Balaban J connectivity index is 2.13. The number of aliphatic carboxylic acids is 1. The molecule has 1 heterocycles. The number of anilines is 1. The monoisotopic (exact) mass is 303 g/mol. The molecule has 1 saturated heterocycles. The SMILES string of the molecule is O=C(O)C1CCC(=O)N(c2ccc(OC(F)(F)F)cc2)C1. The van der Waals surface area contributed by atoms with Gasteiger partial charge in [-0.15, -0.1) is 13.2 Å². The largest absolute Gasteiger partial charge is 0.573 e. The molecule has 0 saturated carbocycles. The Morgan fingerprint density at radius 3 is 2.43 bits per heavy atom. The first-order valence-electron chi connectivity index (χ1n) is 6.15. The van der Waals surface area contributed by atoms with Crippen molar-refractivity contribution in [3.63, 3.8) is 0 Å². The van der Waals surface area contributed by atoms with Gasteiger partial charge in [-0.2, -0.15) is 0 Å². The Labute approximate surface area is 117 Å². The zero-order chi connectivity index (χ0) is 15.6. The molecule has 8 heteroatoms. The van der Waals surface area contributed by atoms with Crippen molar-refractivity contribution in [3.8, 4) is 5.75 Å². The quantitative estimate of drug-likeness (QED) is 0.931. The van der Waals surface area contributed by atoms with Crippen LogP contribution in [0.15, 0.2) is 24.3 Å². The standard InChI is InChI=1S/C13H12F3NO4/c14-13(15,16)21-10-4-2-9(3-5-10)17-7-8(12(19)20)1-6-11(17)18/h2-5,8H,1,6-7H2,(H,19,20). The average molecular weight is 303 g/mol. The maximum atomic E-state index is 12.0. The van der Waals surface area contributed by atoms with Gasteiger partial charge in [0.2, 0.25) is 5.91 Å². The molecule has 0 aromatic heterocycles. The summed E-state index contributed by atoms with van der Waals surface area (Å²) in [4.78, 5) is 24.0. The normalized spacial score (nSPS) is 19.5. The lowest BCUT2D eigenvalue weighted by molar-refractivity contribution is -0.274. The van der Waals surface area contributed by atoms with Crippen molar-refractivity contribution in [1.29, 1.82) is 0 Å². The zero-order valence-corrected chi connectivity index (χ0v) is 10.8. The van der Waals surface area contributed by atoms with E-state index in [0.29, 0.717) is 5.69 Å². The van der Waals surface area contributed by atoms with Gasteiger partial charge in [0.15, 0.2) is 0 Å². The Kier molecular flexibility index (Phi) is 4.06. The van der Waals surface area contributed by atoms with E-state index in [9.17, 15) is 22.8 Å². The molecule has 1 unspecified atom stereocenters. The van der Waals surface area contributed by atoms with Crippen molar-refractivity contribution in [2.24, 2.45) is 5.92 Å². The lowest BCUT2D eigenvalue weighted by Crippen LogP contribution is -2.42. The van der Waals surface area contributed by atoms with Gasteiger partial charge in [0.1, 0.15) is 5.75 Å². The number of alkyl halides is 3. The molecule has 0 radical (unpaired) electrons. The van der Waals surface area contributed by atoms with E-state index in [2.05, 4.69) is 4.74 Å². The minimum atomic E-state index is -4.78. The number of hydrogen-bond donors (Lipinski definition) is 1. The van der Waals surface area contributed by atoms with E-state index in [1.54, 1.807) is 0 Å². The average Bonchev–Trinajstić information content (AvgIpc) is 2.38. The molecule has 1 aromatic carbocycles. The van der Waals surface area contributed by atoms with E-state index in [1.165, 1.54) is 17.0 Å². The number of halogens is 3. The van der Waals surface area contributed by atoms with Crippen LogP contribution in [0.25, 0.3) is 0 Å². The third-order valence-corrected chi connectivity index (χ3v) is 3.14. The molecule has 2 rings (SSSR count). The van der Waals surface area contributed by atoms with Gasteiger partial charge in [0, 0.05) is 18.7 Å². The van der Waals surface area contributed by atoms with Crippen LogP contribution in [0.1, 0.15) is 12.8 Å². The molecule has 0 spiro atoms. The van der Waals surface area contributed by atoms with Crippen LogP contribution in [0.5, 0.6) is 5.75 Å². The van der Waals surface area contributed by atoms with Crippen molar-refractivity contribution in [2.45, 2.75) is 19.2 Å². The van der Waals surface area contributed by atoms with E-state index in [-0.39, 0.29) is 25.3 Å². The van der Waals surface area contributed by atoms with Gasteiger partial charge < -0.3 is 14.7 Å². The van der Waals surface area contributed by atoms with Crippen molar-refractivity contribution >= 4 is 17.6 Å². The Hall–Kier alpha value is -2.25. The van der Waals surface area contributed by atoms with E-state index >= 15 is 0 Å². The van der Waals surface area contributed by atoms with Gasteiger partial charge in [-0.05, 0) is 30.7 Å². The van der Waals surface area contributed by atoms with Crippen LogP contribution in [0.4, 0.5) is 18.9 Å². The van der Waals surface area contributed by atoms with Crippen molar-refractivity contribution in [3.05, 3.63) is 24.3 Å². The third kappa shape index (κ3) is 3.87. The van der Waals surface area contributed by atoms with Gasteiger partial charge in [0.05, 0.1) is 5.92 Å². The summed E-state index contributed by atoms with van der Waals surface area (Å²) in [7, 11) is 0. The summed E-state index contributed by atoms with van der Waals surface area (Å²) in [6, 6.07) is 4.76. The number of piperidine rings is 1. The van der Waals surface area contributed by atoms with Gasteiger partial charge in [-0.1, -0.05) is 0 Å². The molecule has 1 N–H and O–H groups in total. The molecule has 1 aliphatic heterocycles. The number of carbonyl (C=O) groups is 2. The first-order chi connectivity index (χ1) is 9.76. The lowest BCUT2D eigenvalue weighted by atomic mass is 9.97. The second-order valence-corrected chi connectivity index (χ2v) is 4.62. The Bertz CT molecular complexity index is 541. The molecule has 1 atom stereocenters. The molecule has 1 fully saturated rings. The summed E-state index contributed by atoms with van der Waals surface area (Å²) < 4.78 is 39.9. The van der Waals surface area contributed by atoms with E-state index in [0.717, 1.165) is 12.1 Å². The number of carboxylic acids is 1. The van der Waals surface area contributed by atoms with Crippen LogP contribution in [0.3, 0.4) is 0 Å². The second-order valence-electron chi connectivity index (χ2n) is 4.62. The minimum absolute atomic E-state index is 0.00758. The highest BCUT2D eigenvalue weighted by molar-refractivity contribution is 5.95. The molecular formula is C13H12F3NO4. The maximum Gasteiger partial charge on any atom is 0.573 e. The predicted octanol–water partition coefficient (Wildman–Crippen LogP) is 2.41. The van der Waals surface area contributed by atoms with Crippen LogP contribution in [-0.4, -0.2) is 29.9 Å². The fourth-order valence-corrected chi connectivity index (χ4v) is 2.12. The van der Waals surface area contributed by atoms with Crippen LogP contribution in [-0.2, 0) is 9.59 Å². The molecule has 21 heavy (non-hydrogen) atoms. The fraction of sp³-hybridized carbons (Fsp3) is 0.385. The Morgan fingerprint density at radius 2 is 1.90 bits per heavy atom. The molecule has 1 aromatic rings. The van der Waals surface area contributed by atoms with Gasteiger partial charge in [-0.3, -0.25) is 9.59 Å². The number of benzene rings is 1. The number of carboxylic acid groups (broad SMARTS) is 1. The summed E-state index contributed by atoms with van der Waals surface area (Å²) in [5.41, 5.74) is 0.348. The van der Waals surface area contributed by atoms with Crippen molar-refractivity contribution in [2.75, 3.05) is 11.4 Å². The summed E-state index contributed by atoms with van der Waals surface area (Å²) in [6.07, 6.45) is -4.42. The van der Waals surface area contributed by atoms with E-state index in [1.807, 2.05) is 0 Å². The van der Waals surface area contributed by atoms with Gasteiger partial charge >= 0.3 is 12.3 Å². The summed E-state index contributed by atoms with van der Waals surface area (Å²) in [5, 5.41) is 8.98. The second kappa shape index (κ2) is 5.63. The molecular weight excluding hydrogens is 291 g/mol. The summed E-state index contributed by atoms with van der Waals surface area (Å²) in [6.45, 7) is 0.00758. The highest BCUT2D eigenvalue weighted by Gasteiger charge is 2.32. The van der Waals surface area contributed by atoms with Gasteiger partial charge in [-0.25, -0.2) is 0 Å². The van der Waals surface area contributed by atoms with Crippen molar-refractivity contribution < 1.29 is 32.6 Å². The van der Waals surface area contributed by atoms with E-state index < -0.39 is 24.0 Å². The Morgan fingerprint density at radius 1 is 1.29 bits per heavy atom. The maximum absolute atomic E-state index is 12.0. The van der Waals surface area contributed by atoms with Crippen LogP contribution in [0.2, 0.25) is 0 Å². The number of rotatable bonds is 3. The highest BCUT2D eigenvalue weighted by atomic mass is 19.4. The highest BCUT2D eigenvalue weighted by Crippen LogP contribution is 2.28. The molecule has 1 aliphatic rings. The zero-order valence-electron chi connectivity index (χ0n) is 10.8. The number of hydrogen-bond acceptors (Lipinski definition) is 3. The smallest absolute Gasteiger partial charge is 0.481 e. The topological polar surface area (TPSA) is 66.8 Å². The number of ether oxygens (including phenoxy) is 1. The first kappa shape index (κ1) is 15.1. The predicted molar refractivity (Wildman–Crippen MR) is 65.8 cm³/mol. The molecule has 0 bridgehead atoms. The molecule has 5 nitrogen and oxygen atoms in total. The number of nitrogens with zero attached hydrogens (tertiary/aromatic N) is 1. The number of carbonyl (C=O) groups excluding carboxylic acids is 1. The van der Waals surface area contributed by atoms with Crippen LogP contribution < -0.4 is 9.64 Å². The van der Waals surface area contributed by atoms with Gasteiger partial charge in [0.25, 0.3) is 0 Å². The van der Waals surface area contributed by atoms with E-state index in [4.69, 9.17) is 5.11 Å². The molecule has 1 amide bonds. The minimum Gasteiger partial charge on any atom is -0.481 e. The van der Waals surface area contributed by atoms with Crippen molar-refractivity contribution in [1.82, 2.24) is 0 Å². The number of amides is 1. The molecule has 114 valence electrons. The fourth-order valence-electron chi connectivity index (χ4n) is 2.12. The first-order valence-corrected chi connectivity index (χ1v) is 6.15. The summed E-state index contributed by atoms with van der Waals surface area (Å²) in [5.74, 6) is -2.32. The van der Waals surface area contributed by atoms with Crippen LogP contribution in [0, 0.1) is 5.92 Å². The lowest BCUT2D eigenvalue weighted by Gasteiger charge is -2.30. The third-order valence-electron chi connectivity index (χ3n) is 3.14.